The van der Waals surface area contributed by atoms with E-state index in [0.717, 1.165) is 9.71 Å². The van der Waals surface area contributed by atoms with E-state index in [4.69, 9.17) is 4.74 Å². The Morgan fingerprint density at radius 2 is 2.33 bits per heavy atom. The fraction of sp³-hybridized carbons (Fsp3) is 0.273. The van der Waals surface area contributed by atoms with Gasteiger partial charge in [-0.3, -0.25) is 4.79 Å². The minimum atomic E-state index is -0.484. The highest BCUT2D eigenvalue weighted by atomic mass is 79.9. The number of fused-ring (bicyclic) bond motifs is 1. The van der Waals surface area contributed by atoms with Crippen molar-refractivity contribution >= 4 is 60.3 Å². The Morgan fingerprint density at radius 1 is 1.61 bits per heavy atom. The molecule has 2 heterocycles. The fourth-order valence-electron chi connectivity index (χ4n) is 1.65. The van der Waals surface area contributed by atoms with Crippen LogP contribution in [0.25, 0.3) is 4.83 Å². The summed E-state index contributed by atoms with van der Waals surface area (Å²) >= 11 is 8.25. The van der Waals surface area contributed by atoms with Crippen molar-refractivity contribution < 1.29 is 14.3 Å². The molecule has 0 radical (unpaired) electrons. The maximum absolute atomic E-state index is 11.8. The first-order valence-corrected chi connectivity index (χ1v) is 7.87. The van der Waals surface area contributed by atoms with Gasteiger partial charge in [0.15, 0.2) is 6.29 Å². The van der Waals surface area contributed by atoms with E-state index in [2.05, 4.69) is 31.9 Å². The van der Waals surface area contributed by atoms with Crippen LogP contribution >= 0.6 is 43.2 Å². The molecule has 7 heteroatoms. The third-order valence-corrected chi connectivity index (χ3v) is 5.48. The number of esters is 1. The molecule has 18 heavy (non-hydrogen) atoms. The molecule has 2 aromatic rings. The summed E-state index contributed by atoms with van der Waals surface area (Å²) in [6.45, 7) is 2.01. The van der Waals surface area contributed by atoms with E-state index in [-0.39, 0.29) is 6.61 Å². The van der Waals surface area contributed by atoms with E-state index in [1.165, 1.54) is 11.3 Å². The average molecular weight is 395 g/mol. The molecule has 96 valence electrons. The second-order valence-corrected chi connectivity index (χ2v) is 5.89. The first kappa shape index (κ1) is 13.8. The van der Waals surface area contributed by atoms with Gasteiger partial charge in [-0.25, -0.2) is 4.79 Å². The maximum Gasteiger partial charge on any atom is 0.341 e. The Morgan fingerprint density at radius 3 is 2.89 bits per heavy atom. The number of rotatable bonds is 4. The van der Waals surface area contributed by atoms with Crippen LogP contribution in [0.15, 0.2) is 10.7 Å². The van der Waals surface area contributed by atoms with Gasteiger partial charge in [-0.2, -0.15) is 0 Å². The number of aromatic nitrogens is 1. The normalized spacial score (nSPS) is 10.8. The quantitative estimate of drug-likeness (QED) is 0.451. The number of alkyl halides is 1. The van der Waals surface area contributed by atoms with Gasteiger partial charge in [0.2, 0.25) is 0 Å². The van der Waals surface area contributed by atoms with Gasteiger partial charge in [0.25, 0.3) is 0 Å². The summed E-state index contributed by atoms with van der Waals surface area (Å²) in [5.41, 5.74) is 0.609. The minimum Gasteiger partial charge on any atom is -0.462 e. The number of ether oxygens (including phenoxy) is 1. The maximum atomic E-state index is 11.8. The van der Waals surface area contributed by atoms with Gasteiger partial charge >= 0.3 is 5.97 Å². The molecule has 0 fully saturated rings. The Hall–Kier alpha value is -0.660. The van der Waals surface area contributed by atoms with Crippen molar-refractivity contribution in [1.82, 2.24) is 4.40 Å². The SMILES string of the molecule is CCOC(=O)c1c(Br)c2sc(CBr)cn2c1C=O. The molecule has 0 aliphatic heterocycles. The van der Waals surface area contributed by atoms with Gasteiger partial charge in [-0.05, 0) is 22.9 Å². The van der Waals surface area contributed by atoms with Crippen molar-refractivity contribution in [3.8, 4) is 0 Å². The van der Waals surface area contributed by atoms with E-state index in [1.807, 2.05) is 6.20 Å². The van der Waals surface area contributed by atoms with Gasteiger partial charge < -0.3 is 9.14 Å². The van der Waals surface area contributed by atoms with E-state index >= 15 is 0 Å². The molecule has 0 saturated carbocycles. The number of aldehydes is 1. The number of carbonyl (C=O) groups is 2. The lowest BCUT2D eigenvalue weighted by Crippen LogP contribution is -2.07. The summed E-state index contributed by atoms with van der Waals surface area (Å²) in [6.07, 6.45) is 2.51. The highest BCUT2D eigenvalue weighted by Gasteiger charge is 2.24. The smallest absolute Gasteiger partial charge is 0.341 e. The van der Waals surface area contributed by atoms with Crippen LogP contribution in [0.5, 0.6) is 0 Å². The van der Waals surface area contributed by atoms with Gasteiger partial charge in [-0.15, -0.1) is 11.3 Å². The van der Waals surface area contributed by atoms with Crippen LogP contribution in [0.2, 0.25) is 0 Å². The monoisotopic (exact) mass is 393 g/mol. The van der Waals surface area contributed by atoms with Crippen molar-refractivity contribution in [3.63, 3.8) is 0 Å². The first-order valence-electron chi connectivity index (χ1n) is 5.14. The Kier molecular flexibility index (Phi) is 4.24. The molecule has 0 spiro atoms. The van der Waals surface area contributed by atoms with Crippen molar-refractivity contribution in [1.29, 1.82) is 0 Å². The van der Waals surface area contributed by atoms with Gasteiger partial charge in [0.05, 0.1) is 11.1 Å². The largest absolute Gasteiger partial charge is 0.462 e. The minimum absolute atomic E-state index is 0.277. The number of hydrogen-bond donors (Lipinski definition) is 0. The first-order chi connectivity index (χ1) is 8.63. The van der Waals surface area contributed by atoms with Crippen LogP contribution in [-0.4, -0.2) is 23.3 Å². The Labute approximate surface area is 124 Å². The number of carbonyl (C=O) groups excluding carboxylic acids is 2. The Balaban J connectivity index is 2.66. The topological polar surface area (TPSA) is 47.8 Å². The van der Waals surface area contributed by atoms with Crippen molar-refractivity contribution in [2.24, 2.45) is 0 Å². The van der Waals surface area contributed by atoms with Gasteiger partial charge in [0, 0.05) is 16.4 Å². The second kappa shape index (κ2) is 5.54. The lowest BCUT2D eigenvalue weighted by atomic mass is 10.2. The molecule has 0 atom stereocenters. The zero-order valence-electron chi connectivity index (χ0n) is 9.41. The van der Waals surface area contributed by atoms with E-state index < -0.39 is 5.97 Å². The van der Waals surface area contributed by atoms with Crippen molar-refractivity contribution in [3.05, 3.63) is 26.8 Å². The van der Waals surface area contributed by atoms with Crippen LogP contribution in [0, 0.1) is 0 Å². The Bertz CT molecular complexity index is 617. The summed E-state index contributed by atoms with van der Waals surface area (Å²) in [6, 6.07) is 0. The zero-order valence-corrected chi connectivity index (χ0v) is 13.4. The van der Waals surface area contributed by atoms with E-state index in [1.54, 1.807) is 11.3 Å². The fourth-order valence-corrected chi connectivity index (χ4v) is 3.84. The summed E-state index contributed by atoms with van der Waals surface area (Å²) < 4.78 is 7.29. The molecule has 0 bridgehead atoms. The van der Waals surface area contributed by atoms with Gasteiger partial charge in [0.1, 0.15) is 16.1 Å². The third kappa shape index (κ3) is 2.15. The molecule has 0 aliphatic carbocycles. The summed E-state index contributed by atoms with van der Waals surface area (Å²) in [5.74, 6) is -0.484. The van der Waals surface area contributed by atoms with Crippen LogP contribution < -0.4 is 0 Å². The second-order valence-electron chi connectivity index (χ2n) is 3.42. The standard InChI is InChI=1S/C11H9Br2NO3S/c1-2-17-11(16)8-7(5-15)14-4-6(3-12)18-10(14)9(8)13/h4-5H,2-3H2,1H3. The lowest BCUT2D eigenvalue weighted by molar-refractivity contribution is 0.0523. The number of nitrogens with zero attached hydrogens (tertiary/aromatic N) is 1. The zero-order chi connectivity index (χ0) is 13.3. The molecule has 0 aromatic carbocycles. The van der Waals surface area contributed by atoms with Crippen LogP contribution in [-0.2, 0) is 10.1 Å². The predicted octanol–water partition coefficient (Wildman–Crippen LogP) is 3.65. The average Bonchev–Trinajstić information content (AvgIpc) is 2.88. The molecule has 0 N–H and O–H groups in total. The molecular weight excluding hydrogens is 386 g/mol. The predicted molar refractivity (Wildman–Crippen MR) is 76.9 cm³/mol. The molecule has 0 saturated heterocycles. The molecule has 0 amide bonds. The summed E-state index contributed by atoms with van der Waals surface area (Å²) in [7, 11) is 0. The molecule has 0 aliphatic rings. The van der Waals surface area contributed by atoms with Crippen LogP contribution in [0.3, 0.4) is 0 Å². The summed E-state index contributed by atoms with van der Waals surface area (Å²) in [5, 5.41) is 0.707. The summed E-state index contributed by atoms with van der Waals surface area (Å²) in [4.78, 5) is 24.9. The molecule has 2 rings (SSSR count). The third-order valence-electron chi connectivity index (χ3n) is 2.37. The highest BCUT2D eigenvalue weighted by molar-refractivity contribution is 9.10. The number of thiazole rings is 1. The van der Waals surface area contributed by atoms with Crippen LogP contribution in [0.4, 0.5) is 0 Å². The van der Waals surface area contributed by atoms with Gasteiger partial charge in [-0.1, -0.05) is 15.9 Å². The highest BCUT2D eigenvalue weighted by Crippen LogP contribution is 2.34. The van der Waals surface area contributed by atoms with E-state index in [9.17, 15) is 9.59 Å². The molecule has 2 aromatic heterocycles. The van der Waals surface area contributed by atoms with Crippen LogP contribution in [0.1, 0.15) is 32.6 Å². The molecule has 4 nitrogen and oxygen atoms in total. The van der Waals surface area contributed by atoms with Crippen molar-refractivity contribution in [2.75, 3.05) is 6.61 Å². The van der Waals surface area contributed by atoms with E-state index in [0.29, 0.717) is 27.3 Å². The lowest BCUT2D eigenvalue weighted by Gasteiger charge is -2.01. The number of halogens is 2. The molecule has 0 unspecified atom stereocenters. The molecular formula is C11H9Br2NO3S. The number of hydrogen-bond acceptors (Lipinski definition) is 4. The van der Waals surface area contributed by atoms with Crippen molar-refractivity contribution in [2.45, 2.75) is 12.3 Å².